The van der Waals surface area contributed by atoms with Gasteiger partial charge >= 0.3 is 0 Å². The highest BCUT2D eigenvalue weighted by molar-refractivity contribution is 9.10. The van der Waals surface area contributed by atoms with Gasteiger partial charge in [-0.3, -0.25) is 0 Å². The van der Waals surface area contributed by atoms with E-state index in [0.717, 1.165) is 0 Å². The Balaban J connectivity index is 3.09. The summed E-state index contributed by atoms with van der Waals surface area (Å²) in [5, 5.41) is 29.0. The van der Waals surface area contributed by atoms with Gasteiger partial charge in [-0.2, -0.15) is 0 Å². The van der Waals surface area contributed by atoms with Crippen LogP contribution in [0.5, 0.6) is 11.5 Å². The smallest absolute Gasteiger partial charge is 0.172 e. The maximum Gasteiger partial charge on any atom is 0.172 e. The highest BCUT2D eigenvalue weighted by Crippen LogP contribution is 2.37. The van der Waals surface area contributed by atoms with Gasteiger partial charge < -0.3 is 20.1 Å². The number of benzene rings is 1. The van der Waals surface area contributed by atoms with E-state index in [1.54, 1.807) is 6.92 Å². The largest absolute Gasteiger partial charge is 0.503 e. The molecule has 6 heteroatoms. The van der Waals surface area contributed by atoms with Crippen molar-refractivity contribution in [1.82, 2.24) is 0 Å². The van der Waals surface area contributed by atoms with E-state index in [9.17, 15) is 15.3 Å². The first-order chi connectivity index (χ1) is 8.01. The fourth-order valence-corrected chi connectivity index (χ4v) is 1.97. The lowest BCUT2D eigenvalue weighted by molar-refractivity contribution is 0.0325. The van der Waals surface area contributed by atoms with E-state index >= 15 is 0 Å². The van der Waals surface area contributed by atoms with Crippen molar-refractivity contribution in [2.75, 3.05) is 12.5 Å². The molecule has 0 amide bonds. The van der Waals surface area contributed by atoms with Crippen molar-refractivity contribution < 1.29 is 20.1 Å². The summed E-state index contributed by atoms with van der Waals surface area (Å²) in [6.07, 6.45) is -2.19. The molecule has 1 rings (SSSR count). The first kappa shape index (κ1) is 14.6. The molecule has 1 aromatic rings. The van der Waals surface area contributed by atoms with Gasteiger partial charge in [0.2, 0.25) is 0 Å². The normalized spacial score (nSPS) is 14.4. The molecule has 96 valence electrons. The number of phenols is 1. The minimum absolute atomic E-state index is 0.0387. The van der Waals surface area contributed by atoms with Crippen LogP contribution in [0.2, 0.25) is 0 Å². The number of hydrogen-bond donors (Lipinski definition) is 3. The molecule has 0 saturated heterocycles. The average molecular weight is 326 g/mol. The molecule has 2 unspecified atom stereocenters. The summed E-state index contributed by atoms with van der Waals surface area (Å²) in [6, 6.07) is 2.99. The van der Waals surface area contributed by atoms with Crippen molar-refractivity contribution in [1.29, 1.82) is 0 Å². The Morgan fingerprint density at radius 1 is 1.41 bits per heavy atom. The molecule has 0 aliphatic carbocycles. The Morgan fingerprint density at radius 3 is 2.59 bits per heavy atom. The number of aromatic hydroxyl groups is 1. The Bertz CT molecular complexity index is 386. The van der Waals surface area contributed by atoms with Crippen molar-refractivity contribution in [3.05, 3.63) is 22.2 Å². The molecule has 0 aliphatic rings. The van der Waals surface area contributed by atoms with E-state index in [-0.39, 0.29) is 17.4 Å². The molecule has 0 saturated carbocycles. The standard InChI is InChI=1S/C11H14BrClO4/c1-2-17-9-4-6(3-7(12)11(9)16)10(15)8(14)5-13/h3-4,8,10,14-16H,2,5H2,1H3. The van der Waals surface area contributed by atoms with Crippen molar-refractivity contribution in [3.8, 4) is 11.5 Å². The zero-order valence-electron chi connectivity index (χ0n) is 9.23. The van der Waals surface area contributed by atoms with E-state index in [4.69, 9.17) is 16.3 Å². The number of rotatable bonds is 5. The monoisotopic (exact) mass is 324 g/mol. The molecular weight excluding hydrogens is 311 g/mol. The Kier molecular flexibility index (Phi) is 5.52. The number of hydrogen-bond acceptors (Lipinski definition) is 4. The van der Waals surface area contributed by atoms with Gasteiger partial charge in [0, 0.05) is 0 Å². The molecular formula is C11H14BrClO4. The predicted molar refractivity (Wildman–Crippen MR) is 68.7 cm³/mol. The van der Waals surface area contributed by atoms with Gasteiger partial charge in [0.25, 0.3) is 0 Å². The van der Waals surface area contributed by atoms with E-state index in [0.29, 0.717) is 16.6 Å². The molecule has 0 heterocycles. The van der Waals surface area contributed by atoms with Crippen LogP contribution in [-0.4, -0.2) is 33.9 Å². The fraction of sp³-hybridized carbons (Fsp3) is 0.455. The zero-order valence-corrected chi connectivity index (χ0v) is 11.6. The second-order valence-corrected chi connectivity index (χ2v) is 4.61. The molecule has 1 aromatic carbocycles. The Labute approximate surface area is 113 Å². The van der Waals surface area contributed by atoms with Crippen molar-refractivity contribution >= 4 is 27.5 Å². The first-order valence-electron chi connectivity index (χ1n) is 5.08. The number of aliphatic hydroxyl groups excluding tert-OH is 2. The van der Waals surface area contributed by atoms with Crippen LogP contribution >= 0.6 is 27.5 Å². The maximum absolute atomic E-state index is 9.80. The lowest BCUT2D eigenvalue weighted by Crippen LogP contribution is -2.19. The molecule has 0 aliphatic heterocycles. The lowest BCUT2D eigenvalue weighted by Gasteiger charge is -2.18. The van der Waals surface area contributed by atoms with Gasteiger partial charge in [0.1, 0.15) is 6.10 Å². The highest BCUT2D eigenvalue weighted by Gasteiger charge is 2.20. The topological polar surface area (TPSA) is 69.9 Å². The third-order valence-corrected chi connectivity index (χ3v) is 3.14. The third-order valence-electron chi connectivity index (χ3n) is 2.21. The number of halogens is 2. The van der Waals surface area contributed by atoms with Crippen molar-refractivity contribution in [2.45, 2.75) is 19.1 Å². The minimum Gasteiger partial charge on any atom is -0.503 e. The van der Waals surface area contributed by atoms with Gasteiger partial charge in [-0.25, -0.2) is 0 Å². The molecule has 0 bridgehead atoms. The van der Waals surface area contributed by atoms with Gasteiger partial charge in [0.05, 0.1) is 23.1 Å². The summed E-state index contributed by atoms with van der Waals surface area (Å²) in [4.78, 5) is 0. The average Bonchev–Trinajstić information content (AvgIpc) is 2.33. The van der Waals surface area contributed by atoms with Crippen LogP contribution < -0.4 is 4.74 Å². The number of aliphatic hydroxyl groups is 2. The highest BCUT2D eigenvalue weighted by atomic mass is 79.9. The zero-order chi connectivity index (χ0) is 13.0. The summed E-state index contributed by atoms with van der Waals surface area (Å²) in [6.45, 7) is 2.17. The van der Waals surface area contributed by atoms with E-state index in [2.05, 4.69) is 15.9 Å². The molecule has 0 radical (unpaired) electrons. The molecule has 3 N–H and O–H groups in total. The summed E-state index contributed by atoms with van der Waals surface area (Å²) >= 11 is 8.62. The number of phenolic OH excluding ortho intramolecular Hbond substituents is 1. The van der Waals surface area contributed by atoms with Gasteiger partial charge in [0.15, 0.2) is 11.5 Å². The predicted octanol–water partition coefficient (Wildman–Crippen LogP) is 2.19. The Morgan fingerprint density at radius 2 is 2.06 bits per heavy atom. The summed E-state index contributed by atoms with van der Waals surface area (Å²) < 4.78 is 5.60. The summed E-state index contributed by atoms with van der Waals surface area (Å²) in [7, 11) is 0. The molecule has 0 spiro atoms. The second kappa shape index (κ2) is 6.44. The lowest BCUT2D eigenvalue weighted by atomic mass is 10.0. The van der Waals surface area contributed by atoms with E-state index in [1.807, 2.05) is 0 Å². The maximum atomic E-state index is 9.80. The fourth-order valence-electron chi connectivity index (χ4n) is 1.34. The SMILES string of the molecule is CCOc1cc(C(O)C(O)CCl)cc(Br)c1O. The van der Waals surface area contributed by atoms with Crippen LogP contribution in [0.4, 0.5) is 0 Å². The third kappa shape index (κ3) is 3.48. The van der Waals surface area contributed by atoms with Gasteiger partial charge in [-0.1, -0.05) is 0 Å². The van der Waals surface area contributed by atoms with E-state index < -0.39 is 12.2 Å². The van der Waals surface area contributed by atoms with Crippen LogP contribution in [-0.2, 0) is 0 Å². The molecule has 0 aromatic heterocycles. The molecule has 0 fully saturated rings. The van der Waals surface area contributed by atoms with Crippen LogP contribution in [0.15, 0.2) is 16.6 Å². The van der Waals surface area contributed by atoms with Crippen LogP contribution in [0.3, 0.4) is 0 Å². The van der Waals surface area contributed by atoms with Gasteiger partial charge in [-0.05, 0) is 40.5 Å². The first-order valence-corrected chi connectivity index (χ1v) is 6.41. The summed E-state index contributed by atoms with van der Waals surface area (Å²) in [5.74, 6) is 0.129. The van der Waals surface area contributed by atoms with E-state index in [1.165, 1.54) is 12.1 Å². The van der Waals surface area contributed by atoms with Crippen LogP contribution in [0.1, 0.15) is 18.6 Å². The number of alkyl halides is 1. The van der Waals surface area contributed by atoms with Gasteiger partial charge in [-0.15, -0.1) is 11.6 Å². The number of ether oxygens (including phenoxy) is 1. The molecule has 17 heavy (non-hydrogen) atoms. The molecule has 2 atom stereocenters. The van der Waals surface area contributed by atoms with Crippen molar-refractivity contribution in [2.24, 2.45) is 0 Å². The quantitative estimate of drug-likeness (QED) is 0.726. The van der Waals surface area contributed by atoms with Crippen molar-refractivity contribution in [3.63, 3.8) is 0 Å². The Hall–Kier alpha value is -0.490. The second-order valence-electron chi connectivity index (χ2n) is 3.45. The van der Waals surface area contributed by atoms with Crippen LogP contribution in [0, 0.1) is 0 Å². The molecule has 4 nitrogen and oxygen atoms in total. The van der Waals surface area contributed by atoms with Crippen LogP contribution in [0.25, 0.3) is 0 Å². The summed E-state index contributed by atoms with van der Waals surface area (Å²) in [5.41, 5.74) is 0.422. The minimum atomic E-state index is -1.12.